The lowest BCUT2D eigenvalue weighted by Crippen LogP contribution is -2.28. The van der Waals surface area contributed by atoms with Crippen molar-refractivity contribution in [2.75, 3.05) is 6.61 Å². The van der Waals surface area contributed by atoms with Crippen LogP contribution in [0.15, 0.2) is 59.4 Å². The van der Waals surface area contributed by atoms with E-state index in [1.807, 2.05) is 56.3 Å². The molecule has 2 N–H and O–H groups in total. The van der Waals surface area contributed by atoms with Crippen LogP contribution >= 0.6 is 0 Å². The van der Waals surface area contributed by atoms with Crippen LogP contribution in [0.1, 0.15) is 45.3 Å². The van der Waals surface area contributed by atoms with E-state index in [4.69, 9.17) is 9.47 Å². The molecule has 1 unspecified atom stereocenters. The number of aryl methyl sites for hydroxylation is 2. The largest absolute Gasteiger partial charge is 0.493 e. The second kappa shape index (κ2) is 8.45. The number of fused-ring (bicyclic) bond motifs is 1. The van der Waals surface area contributed by atoms with Gasteiger partial charge in [-0.15, -0.1) is 0 Å². The highest BCUT2D eigenvalue weighted by Crippen LogP contribution is 2.35. The fourth-order valence-corrected chi connectivity index (χ4v) is 3.66. The molecular weight excluding hydrogens is 380 g/mol. The summed E-state index contributed by atoms with van der Waals surface area (Å²) in [6.07, 6.45) is 0.616. The zero-order valence-electron chi connectivity index (χ0n) is 17.0. The summed E-state index contributed by atoms with van der Waals surface area (Å²) in [6.45, 7) is 4.38. The van der Waals surface area contributed by atoms with Gasteiger partial charge in [0.1, 0.15) is 17.6 Å². The summed E-state index contributed by atoms with van der Waals surface area (Å²) in [7, 11) is 0. The Labute approximate surface area is 174 Å². The number of pyridine rings is 1. The van der Waals surface area contributed by atoms with Crippen LogP contribution in [-0.2, 0) is 6.54 Å². The Morgan fingerprint density at radius 2 is 1.97 bits per heavy atom. The van der Waals surface area contributed by atoms with Gasteiger partial charge >= 0.3 is 0 Å². The number of aromatic nitrogens is 1. The lowest BCUT2D eigenvalue weighted by molar-refractivity contribution is 0.0948. The molecule has 2 heterocycles. The maximum absolute atomic E-state index is 12.7. The lowest BCUT2D eigenvalue weighted by Gasteiger charge is -2.27. The van der Waals surface area contributed by atoms with E-state index in [2.05, 4.69) is 10.3 Å². The van der Waals surface area contributed by atoms with Crippen molar-refractivity contribution in [3.05, 3.63) is 92.9 Å². The number of H-pyrrole nitrogens is 1. The predicted octanol–water partition coefficient (Wildman–Crippen LogP) is 3.82. The van der Waals surface area contributed by atoms with Crippen LogP contribution in [0.5, 0.6) is 11.5 Å². The van der Waals surface area contributed by atoms with Crippen molar-refractivity contribution in [3.63, 3.8) is 0 Å². The van der Waals surface area contributed by atoms with Gasteiger partial charge in [-0.1, -0.05) is 24.3 Å². The molecule has 1 aromatic heterocycles. The quantitative estimate of drug-likeness (QED) is 0.677. The standard InChI is InChI=1S/C24H24N2O4/c1-15-12-16(2)26-24(28)20(15)14-25-23(27)17-8-9-19-21(10-11-29-22(19)13-17)30-18-6-4-3-5-7-18/h3-9,12-13,21H,10-11,14H2,1-2H3,(H,25,27)(H,26,28). The highest BCUT2D eigenvalue weighted by molar-refractivity contribution is 5.94. The second-order valence-electron chi connectivity index (χ2n) is 7.44. The Bertz CT molecular complexity index is 1120. The van der Waals surface area contributed by atoms with Gasteiger partial charge < -0.3 is 19.8 Å². The van der Waals surface area contributed by atoms with Crippen LogP contribution in [0.2, 0.25) is 0 Å². The molecule has 0 fully saturated rings. The van der Waals surface area contributed by atoms with Crippen LogP contribution in [0.4, 0.5) is 0 Å². The van der Waals surface area contributed by atoms with Gasteiger partial charge in [0.05, 0.1) is 6.61 Å². The summed E-state index contributed by atoms with van der Waals surface area (Å²) in [6, 6.07) is 16.9. The molecule has 0 bridgehead atoms. The van der Waals surface area contributed by atoms with Gasteiger partial charge in [-0.2, -0.15) is 0 Å². The summed E-state index contributed by atoms with van der Waals surface area (Å²) in [5, 5.41) is 2.83. The summed E-state index contributed by atoms with van der Waals surface area (Å²) >= 11 is 0. The molecule has 2 aromatic carbocycles. The van der Waals surface area contributed by atoms with Crippen LogP contribution < -0.4 is 20.3 Å². The Morgan fingerprint density at radius 3 is 2.73 bits per heavy atom. The molecule has 0 radical (unpaired) electrons. The van der Waals surface area contributed by atoms with Crippen molar-refractivity contribution >= 4 is 5.91 Å². The number of carbonyl (C=O) groups is 1. The SMILES string of the molecule is Cc1cc(C)c(CNC(=O)c2ccc3c(c2)OCCC3Oc2ccccc2)c(=O)[nH]1. The van der Waals surface area contributed by atoms with Crippen molar-refractivity contribution in [3.8, 4) is 11.5 Å². The van der Waals surface area contributed by atoms with Gasteiger partial charge in [0, 0.05) is 35.3 Å². The Balaban J connectivity index is 1.48. The average Bonchev–Trinajstić information content (AvgIpc) is 2.73. The van der Waals surface area contributed by atoms with Gasteiger partial charge in [0.2, 0.25) is 0 Å². The number of ether oxygens (including phenoxy) is 2. The number of hydrogen-bond donors (Lipinski definition) is 2. The van der Waals surface area contributed by atoms with E-state index in [1.165, 1.54) is 0 Å². The van der Waals surface area contributed by atoms with Gasteiger partial charge in [-0.05, 0) is 49.7 Å². The molecule has 4 rings (SSSR count). The fourth-order valence-electron chi connectivity index (χ4n) is 3.66. The normalized spacial score (nSPS) is 15.1. The highest BCUT2D eigenvalue weighted by Gasteiger charge is 2.24. The van der Waals surface area contributed by atoms with Crippen molar-refractivity contribution in [1.82, 2.24) is 10.3 Å². The molecular formula is C24H24N2O4. The van der Waals surface area contributed by atoms with E-state index in [9.17, 15) is 9.59 Å². The molecule has 30 heavy (non-hydrogen) atoms. The molecule has 3 aromatic rings. The molecule has 1 aliphatic heterocycles. The molecule has 1 aliphatic rings. The molecule has 6 nitrogen and oxygen atoms in total. The third kappa shape index (κ3) is 4.22. The first-order valence-electron chi connectivity index (χ1n) is 9.97. The van der Waals surface area contributed by atoms with Crippen molar-refractivity contribution in [2.24, 2.45) is 0 Å². The number of hydrogen-bond acceptors (Lipinski definition) is 4. The van der Waals surface area contributed by atoms with E-state index in [0.29, 0.717) is 23.5 Å². The predicted molar refractivity (Wildman–Crippen MR) is 114 cm³/mol. The molecule has 0 saturated carbocycles. The molecule has 0 spiro atoms. The van der Waals surface area contributed by atoms with E-state index in [1.54, 1.807) is 12.1 Å². The fraction of sp³-hybridized carbons (Fsp3) is 0.250. The first-order valence-corrected chi connectivity index (χ1v) is 9.97. The minimum Gasteiger partial charge on any atom is -0.493 e. The van der Waals surface area contributed by atoms with Crippen molar-refractivity contribution < 1.29 is 14.3 Å². The number of nitrogens with one attached hydrogen (secondary N) is 2. The summed E-state index contributed by atoms with van der Waals surface area (Å²) in [5.74, 6) is 1.20. The lowest BCUT2D eigenvalue weighted by atomic mass is 10.0. The molecule has 1 atom stereocenters. The zero-order chi connectivity index (χ0) is 21.1. The van der Waals surface area contributed by atoms with Crippen LogP contribution in [0, 0.1) is 13.8 Å². The van der Waals surface area contributed by atoms with Gasteiger partial charge in [-0.3, -0.25) is 9.59 Å². The van der Waals surface area contributed by atoms with Crippen molar-refractivity contribution in [2.45, 2.75) is 32.9 Å². The molecule has 0 saturated heterocycles. The van der Waals surface area contributed by atoms with Crippen LogP contribution in [0.3, 0.4) is 0 Å². The van der Waals surface area contributed by atoms with E-state index in [0.717, 1.165) is 29.0 Å². The first kappa shape index (κ1) is 19.8. The van der Waals surface area contributed by atoms with Gasteiger partial charge in [0.15, 0.2) is 0 Å². The van der Waals surface area contributed by atoms with Gasteiger partial charge in [0.25, 0.3) is 11.5 Å². The Hall–Kier alpha value is -3.54. The second-order valence-corrected chi connectivity index (χ2v) is 7.44. The number of carbonyl (C=O) groups excluding carboxylic acids is 1. The minimum atomic E-state index is -0.258. The van der Waals surface area contributed by atoms with Crippen LogP contribution in [-0.4, -0.2) is 17.5 Å². The number of para-hydroxylation sites is 1. The topological polar surface area (TPSA) is 80.4 Å². The highest BCUT2D eigenvalue weighted by atomic mass is 16.5. The zero-order valence-corrected chi connectivity index (χ0v) is 17.0. The minimum absolute atomic E-state index is 0.123. The molecule has 154 valence electrons. The monoisotopic (exact) mass is 404 g/mol. The first-order chi connectivity index (χ1) is 14.5. The third-order valence-corrected chi connectivity index (χ3v) is 5.20. The third-order valence-electron chi connectivity index (χ3n) is 5.20. The summed E-state index contributed by atoms with van der Waals surface area (Å²) < 4.78 is 11.9. The van der Waals surface area contributed by atoms with E-state index < -0.39 is 0 Å². The maximum Gasteiger partial charge on any atom is 0.253 e. The number of aromatic amines is 1. The number of amides is 1. The average molecular weight is 404 g/mol. The van der Waals surface area contributed by atoms with E-state index in [-0.39, 0.29) is 24.1 Å². The van der Waals surface area contributed by atoms with E-state index >= 15 is 0 Å². The maximum atomic E-state index is 12.7. The summed E-state index contributed by atoms with van der Waals surface area (Å²) in [4.78, 5) is 27.6. The van der Waals surface area contributed by atoms with Crippen molar-refractivity contribution in [1.29, 1.82) is 0 Å². The number of benzene rings is 2. The molecule has 0 aliphatic carbocycles. The molecule has 1 amide bonds. The number of rotatable bonds is 5. The van der Waals surface area contributed by atoms with Crippen LogP contribution in [0.25, 0.3) is 0 Å². The van der Waals surface area contributed by atoms with Gasteiger partial charge in [-0.25, -0.2) is 0 Å². The Morgan fingerprint density at radius 1 is 1.17 bits per heavy atom. The smallest absolute Gasteiger partial charge is 0.253 e. The summed E-state index contributed by atoms with van der Waals surface area (Å²) in [5.41, 5.74) is 3.43. The molecule has 6 heteroatoms. The Kier molecular flexibility index (Phi) is 5.57.